The van der Waals surface area contributed by atoms with Gasteiger partial charge in [0.05, 0.1) is 12.8 Å². The van der Waals surface area contributed by atoms with Crippen LogP contribution in [0.4, 0.5) is 0 Å². The molecule has 0 aliphatic heterocycles. The van der Waals surface area contributed by atoms with Gasteiger partial charge in [-0.15, -0.1) is 0 Å². The van der Waals surface area contributed by atoms with E-state index in [9.17, 15) is 9.90 Å². The Morgan fingerprint density at radius 3 is 2.21 bits per heavy atom. The van der Waals surface area contributed by atoms with E-state index >= 15 is 0 Å². The second-order valence-electron chi connectivity index (χ2n) is 7.13. The maximum Gasteiger partial charge on any atom is 0.262 e. The first-order valence-corrected chi connectivity index (χ1v) is 10.8. The lowest BCUT2D eigenvalue weighted by Gasteiger charge is -2.12. The molecule has 0 radical (unpaired) electrons. The van der Waals surface area contributed by atoms with Gasteiger partial charge in [-0.3, -0.25) is 14.3 Å². The smallest absolute Gasteiger partial charge is 0.262 e. The van der Waals surface area contributed by atoms with E-state index in [1.54, 1.807) is 61.7 Å². The summed E-state index contributed by atoms with van der Waals surface area (Å²) < 4.78 is 18.0. The minimum atomic E-state index is -0.497. The summed E-state index contributed by atoms with van der Waals surface area (Å²) in [5.74, 6) is 2.44. The Balaban J connectivity index is 1.52. The lowest BCUT2D eigenvalue weighted by Crippen LogP contribution is -2.16. The van der Waals surface area contributed by atoms with Crippen molar-refractivity contribution in [3.05, 3.63) is 106 Å². The number of rotatable bonds is 8. The maximum atomic E-state index is 12.4. The molecule has 3 aromatic carbocycles. The van der Waals surface area contributed by atoms with Crippen molar-refractivity contribution in [1.29, 1.82) is 0 Å². The van der Waals surface area contributed by atoms with E-state index in [0.717, 1.165) is 5.75 Å². The normalized spacial score (nSPS) is 10.9. The number of nitrogens with zero attached hydrogens (tertiary/aromatic N) is 1. The number of hydrogen-bond acceptors (Lipinski definition) is 6. The number of H-pyrrole nitrogens is 1. The van der Waals surface area contributed by atoms with E-state index in [2.05, 4.69) is 4.98 Å². The molecule has 1 aromatic heterocycles. The van der Waals surface area contributed by atoms with Crippen LogP contribution >= 0.6 is 12.2 Å². The van der Waals surface area contributed by atoms with Gasteiger partial charge in [0.15, 0.2) is 4.77 Å². The fourth-order valence-corrected chi connectivity index (χ4v) is 3.48. The molecule has 0 aliphatic rings. The summed E-state index contributed by atoms with van der Waals surface area (Å²) in [6.45, 7) is 0.201. The van der Waals surface area contributed by atoms with Crippen molar-refractivity contribution >= 4 is 18.3 Å². The largest absolute Gasteiger partial charge is 0.497 e. The highest BCUT2D eigenvalue weighted by atomic mass is 32.1. The molecule has 4 rings (SSSR count). The van der Waals surface area contributed by atoms with Gasteiger partial charge < -0.3 is 19.3 Å². The van der Waals surface area contributed by atoms with Crippen molar-refractivity contribution in [3.63, 3.8) is 0 Å². The van der Waals surface area contributed by atoms with Crippen LogP contribution in [0.2, 0.25) is 0 Å². The van der Waals surface area contributed by atoms with Gasteiger partial charge in [-0.2, -0.15) is 0 Å². The average molecular weight is 475 g/mol. The number of hydrogen-bond donors (Lipinski definition) is 2. The van der Waals surface area contributed by atoms with Crippen LogP contribution in [0.1, 0.15) is 5.56 Å². The highest BCUT2D eigenvalue weighted by molar-refractivity contribution is 7.71. The van der Waals surface area contributed by atoms with Gasteiger partial charge in [0, 0.05) is 0 Å². The molecule has 34 heavy (non-hydrogen) atoms. The Kier molecular flexibility index (Phi) is 7.10. The maximum absolute atomic E-state index is 12.4. The number of aromatic amines is 1. The molecule has 0 amide bonds. The molecular formula is C26H22N2O5S. The Morgan fingerprint density at radius 1 is 0.912 bits per heavy atom. The highest BCUT2D eigenvalue weighted by Crippen LogP contribution is 2.25. The minimum absolute atomic E-state index is 0.0662. The molecule has 2 N–H and O–H groups in total. The van der Waals surface area contributed by atoms with Gasteiger partial charge in [0.2, 0.25) is 5.88 Å². The zero-order valence-electron chi connectivity index (χ0n) is 18.3. The second-order valence-corrected chi connectivity index (χ2v) is 7.52. The van der Waals surface area contributed by atoms with Gasteiger partial charge in [-0.25, -0.2) is 0 Å². The van der Waals surface area contributed by atoms with Crippen molar-refractivity contribution in [2.75, 3.05) is 13.7 Å². The molecule has 0 bridgehead atoms. The monoisotopic (exact) mass is 474 g/mol. The SMILES string of the molecule is COc1ccc(OCC=Cc2c(O)n(-c3ccc(Oc4ccccc4)cc3)c(=S)[nH]c2=O)cc1. The van der Waals surface area contributed by atoms with Gasteiger partial charge in [0.1, 0.15) is 35.2 Å². The van der Waals surface area contributed by atoms with Crippen molar-refractivity contribution in [3.8, 4) is 34.6 Å². The molecule has 172 valence electrons. The van der Waals surface area contributed by atoms with Crippen LogP contribution in [-0.4, -0.2) is 28.4 Å². The summed E-state index contributed by atoms with van der Waals surface area (Å²) in [5.41, 5.74) is 0.142. The average Bonchev–Trinajstić information content (AvgIpc) is 2.85. The number of ether oxygens (including phenoxy) is 3. The molecule has 1 heterocycles. The first-order valence-electron chi connectivity index (χ1n) is 10.4. The fourth-order valence-electron chi connectivity index (χ4n) is 3.20. The van der Waals surface area contributed by atoms with E-state index < -0.39 is 5.56 Å². The molecule has 0 saturated carbocycles. The van der Waals surface area contributed by atoms with E-state index in [4.69, 9.17) is 26.4 Å². The summed E-state index contributed by atoms with van der Waals surface area (Å²) >= 11 is 5.28. The molecule has 0 aliphatic carbocycles. The zero-order valence-corrected chi connectivity index (χ0v) is 19.1. The Morgan fingerprint density at radius 2 is 1.53 bits per heavy atom. The van der Waals surface area contributed by atoms with Gasteiger partial charge in [-0.1, -0.05) is 18.2 Å². The van der Waals surface area contributed by atoms with Gasteiger partial charge >= 0.3 is 0 Å². The van der Waals surface area contributed by atoms with Crippen LogP contribution in [0.15, 0.2) is 89.7 Å². The van der Waals surface area contributed by atoms with E-state index in [1.807, 2.05) is 30.3 Å². The number of para-hydroxylation sites is 1. The van der Waals surface area contributed by atoms with Crippen LogP contribution in [0.3, 0.4) is 0 Å². The molecule has 4 aromatic rings. The Hall–Kier alpha value is -4.30. The quantitative estimate of drug-likeness (QED) is 0.328. The first kappa shape index (κ1) is 22.9. The number of benzene rings is 3. The van der Waals surface area contributed by atoms with Crippen LogP contribution < -0.4 is 19.8 Å². The van der Waals surface area contributed by atoms with Crippen LogP contribution in [-0.2, 0) is 0 Å². The van der Waals surface area contributed by atoms with Gasteiger partial charge in [-0.05, 0) is 85.0 Å². The Labute approximate surface area is 201 Å². The molecule has 0 saturated heterocycles. The zero-order chi connectivity index (χ0) is 23.9. The molecule has 0 atom stereocenters. The molecular weight excluding hydrogens is 452 g/mol. The fraction of sp³-hybridized carbons (Fsp3) is 0.0769. The molecule has 0 unspecified atom stereocenters. The predicted molar refractivity (Wildman–Crippen MR) is 133 cm³/mol. The summed E-state index contributed by atoms with van der Waals surface area (Å²) in [4.78, 5) is 15.0. The van der Waals surface area contributed by atoms with E-state index in [1.165, 1.54) is 10.6 Å². The highest BCUT2D eigenvalue weighted by Gasteiger charge is 2.12. The van der Waals surface area contributed by atoms with Crippen molar-refractivity contribution < 1.29 is 19.3 Å². The number of aromatic hydroxyl groups is 1. The summed E-state index contributed by atoms with van der Waals surface area (Å²) in [5, 5.41) is 10.8. The number of methoxy groups -OCH3 is 1. The third kappa shape index (κ3) is 5.36. The molecule has 0 spiro atoms. The third-order valence-electron chi connectivity index (χ3n) is 4.88. The van der Waals surface area contributed by atoms with E-state index in [-0.39, 0.29) is 22.8 Å². The van der Waals surface area contributed by atoms with Crippen molar-refractivity contribution in [2.45, 2.75) is 0 Å². The minimum Gasteiger partial charge on any atom is -0.497 e. The van der Waals surface area contributed by atoms with Crippen LogP contribution in [0.25, 0.3) is 11.8 Å². The number of aromatic nitrogens is 2. The lowest BCUT2D eigenvalue weighted by atomic mass is 10.2. The second kappa shape index (κ2) is 10.5. The first-order chi connectivity index (χ1) is 16.5. The van der Waals surface area contributed by atoms with Crippen molar-refractivity contribution in [1.82, 2.24) is 9.55 Å². The number of nitrogens with one attached hydrogen (secondary N) is 1. The van der Waals surface area contributed by atoms with Gasteiger partial charge in [0.25, 0.3) is 5.56 Å². The lowest BCUT2D eigenvalue weighted by molar-refractivity contribution is 0.361. The predicted octanol–water partition coefficient (Wildman–Crippen LogP) is 5.49. The third-order valence-corrected chi connectivity index (χ3v) is 5.17. The molecule has 7 nitrogen and oxygen atoms in total. The Bertz CT molecular complexity index is 1390. The summed E-state index contributed by atoms with van der Waals surface area (Å²) in [7, 11) is 1.59. The van der Waals surface area contributed by atoms with Crippen molar-refractivity contribution in [2.24, 2.45) is 0 Å². The topological polar surface area (TPSA) is 85.7 Å². The van der Waals surface area contributed by atoms with Crippen LogP contribution in [0, 0.1) is 4.77 Å². The van der Waals surface area contributed by atoms with Crippen LogP contribution in [0.5, 0.6) is 28.9 Å². The molecule has 0 fully saturated rings. The molecule has 8 heteroatoms. The summed E-state index contributed by atoms with van der Waals surface area (Å²) in [6.07, 6.45) is 3.13. The summed E-state index contributed by atoms with van der Waals surface area (Å²) in [6, 6.07) is 23.5. The van der Waals surface area contributed by atoms with E-state index in [0.29, 0.717) is 22.9 Å². The standard InChI is InChI=1S/C26H22N2O5S/c1-31-19-13-15-20(16-14-19)32-17-5-8-23-24(29)27-26(34)28(25(23)30)18-9-11-22(12-10-18)33-21-6-3-2-4-7-21/h2-16,30H,17H2,1H3,(H,27,29,34).